The summed E-state index contributed by atoms with van der Waals surface area (Å²) in [7, 11) is 0. The van der Waals surface area contributed by atoms with Gasteiger partial charge >= 0.3 is 5.97 Å². The quantitative estimate of drug-likeness (QED) is 0.557. The monoisotopic (exact) mass is 416 g/mol. The van der Waals surface area contributed by atoms with Gasteiger partial charge in [0.05, 0.1) is 12.5 Å². The average Bonchev–Trinajstić information content (AvgIpc) is 3.41. The minimum atomic E-state index is -0.631. The second kappa shape index (κ2) is 7.70. The summed E-state index contributed by atoms with van der Waals surface area (Å²) >= 11 is 3.39. The predicted molar refractivity (Wildman–Crippen MR) is 98.6 cm³/mol. The average molecular weight is 417 g/mol. The minimum Gasteiger partial charge on any atom is -0.426 e. The van der Waals surface area contributed by atoms with E-state index in [9.17, 15) is 14.4 Å². The van der Waals surface area contributed by atoms with Gasteiger partial charge in [0, 0.05) is 10.0 Å². The van der Waals surface area contributed by atoms with Crippen LogP contribution in [0.2, 0.25) is 0 Å². The number of primary amides is 1. The molecule has 1 aliphatic carbocycles. The summed E-state index contributed by atoms with van der Waals surface area (Å²) in [5.74, 6) is -1.12. The smallest absolute Gasteiger partial charge is 0.314 e. The van der Waals surface area contributed by atoms with E-state index in [1.54, 1.807) is 18.2 Å². The fraction of sp³-hybridized carbons (Fsp3) is 0.211. The first kappa shape index (κ1) is 18.1. The van der Waals surface area contributed by atoms with Crippen molar-refractivity contribution in [3.05, 3.63) is 64.1 Å². The molecule has 2 aromatic rings. The van der Waals surface area contributed by atoms with Gasteiger partial charge in [-0.15, -0.1) is 0 Å². The van der Waals surface area contributed by atoms with Gasteiger partial charge in [0.15, 0.2) is 0 Å². The molecule has 7 heteroatoms. The molecule has 2 amide bonds. The van der Waals surface area contributed by atoms with Crippen molar-refractivity contribution in [1.82, 2.24) is 5.32 Å². The molecule has 6 nitrogen and oxygen atoms in total. The molecule has 2 unspecified atom stereocenters. The van der Waals surface area contributed by atoms with E-state index in [1.165, 1.54) is 6.07 Å². The summed E-state index contributed by atoms with van der Waals surface area (Å²) in [5.41, 5.74) is 6.39. The number of benzene rings is 2. The van der Waals surface area contributed by atoms with Crippen molar-refractivity contribution >= 4 is 33.7 Å². The Bertz CT molecular complexity index is 851. The van der Waals surface area contributed by atoms with E-state index in [0.717, 1.165) is 16.5 Å². The predicted octanol–water partition coefficient (Wildman–Crippen LogP) is 2.37. The lowest BCUT2D eigenvalue weighted by Gasteiger charge is -2.07. The van der Waals surface area contributed by atoms with Crippen LogP contribution in [0.4, 0.5) is 0 Å². The first-order valence-corrected chi connectivity index (χ1v) is 8.87. The highest BCUT2D eigenvalue weighted by Gasteiger charge is 2.45. The number of carbonyl (C=O) groups is 3. The first-order valence-electron chi connectivity index (χ1n) is 8.08. The number of nitrogens with one attached hydrogen (secondary N) is 1. The number of hydrogen-bond acceptors (Lipinski definition) is 4. The van der Waals surface area contributed by atoms with Crippen LogP contribution in [-0.4, -0.2) is 24.3 Å². The fourth-order valence-corrected chi connectivity index (χ4v) is 2.96. The van der Waals surface area contributed by atoms with E-state index in [1.807, 2.05) is 24.3 Å². The molecule has 0 saturated heterocycles. The van der Waals surface area contributed by atoms with E-state index in [2.05, 4.69) is 21.2 Å². The zero-order valence-corrected chi connectivity index (χ0v) is 15.4. The van der Waals surface area contributed by atoms with Crippen LogP contribution < -0.4 is 15.8 Å². The van der Waals surface area contributed by atoms with E-state index < -0.39 is 11.8 Å². The summed E-state index contributed by atoms with van der Waals surface area (Å²) in [6, 6.07) is 14.1. The Hall–Kier alpha value is -2.67. The van der Waals surface area contributed by atoms with Crippen molar-refractivity contribution in [2.75, 3.05) is 6.54 Å². The number of ether oxygens (including phenoxy) is 1. The molecule has 0 heterocycles. The molecule has 0 radical (unpaired) electrons. The number of nitrogens with two attached hydrogens (primary N) is 1. The highest BCUT2D eigenvalue weighted by Crippen LogP contribution is 2.48. The van der Waals surface area contributed by atoms with Gasteiger partial charge in [0.2, 0.25) is 5.91 Å². The molecule has 1 aliphatic rings. The Morgan fingerprint density at radius 2 is 1.88 bits per heavy atom. The van der Waals surface area contributed by atoms with Crippen molar-refractivity contribution in [2.24, 2.45) is 11.7 Å². The molecule has 1 saturated carbocycles. The molecule has 26 heavy (non-hydrogen) atoms. The van der Waals surface area contributed by atoms with Crippen molar-refractivity contribution in [2.45, 2.75) is 12.3 Å². The SMILES string of the molecule is NC(=O)CNC(=O)c1cccc(OC(=O)C2CC2c2ccc(Br)cc2)c1. The number of halogens is 1. The molecule has 0 bridgehead atoms. The molecule has 0 aliphatic heterocycles. The lowest BCUT2D eigenvalue weighted by Crippen LogP contribution is -2.33. The topological polar surface area (TPSA) is 98.5 Å². The third-order valence-electron chi connectivity index (χ3n) is 4.13. The standard InChI is InChI=1S/C19H17BrN2O4/c20-13-6-4-11(5-7-13)15-9-16(15)19(25)26-14-3-1-2-12(8-14)18(24)22-10-17(21)23/h1-8,15-16H,9-10H2,(H2,21,23)(H,22,24). The van der Waals surface area contributed by atoms with E-state index in [0.29, 0.717) is 5.75 Å². The lowest BCUT2D eigenvalue weighted by atomic mass is 10.1. The first-order chi connectivity index (χ1) is 12.4. The van der Waals surface area contributed by atoms with Crippen molar-refractivity contribution < 1.29 is 19.1 Å². The summed E-state index contributed by atoms with van der Waals surface area (Å²) in [6.45, 7) is -0.250. The Morgan fingerprint density at radius 1 is 1.15 bits per heavy atom. The van der Waals surface area contributed by atoms with Crippen molar-refractivity contribution in [3.63, 3.8) is 0 Å². The van der Waals surface area contributed by atoms with Gasteiger partial charge in [0.25, 0.3) is 5.91 Å². The Labute approximate surface area is 158 Å². The van der Waals surface area contributed by atoms with E-state index in [-0.39, 0.29) is 29.9 Å². The maximum atomic E-state index is 12.3. The van der Waals surface area contributed by atoms with E-state index >= 15 is 0 Å². The molecular weight excluding hydrogens is 400 g/mol. The molecule has 1 fully saturated rings. The van der Waals surface area contributed by atoms with Crippen molar-refractivity contribution in [1.29, 1.82) is 0 Å². The highest BCUT2D eigenvalue weighted by molar-refractivity contribution is 9.10. The molecule has 0 aromatic heterocycles. The number of rotatable bonds is 6. The molecule has 3 N–H and O–H groups in total. The summed E-state index contributed by atoms with van der Waals surface area (Å²) < 4.78 is 6.40. The van der Waals surface area contributed by atoms with Crippen LogP contribution in [0, 0.1) is 5.92 Å². The van der Waals surface area contributed by atoms with Crippen LogP contribution in [0.15, 0.2) is 53.0 Å². The molecule has 2 atom stereocenters. The Kier molecular flexibility index (Phi) is 5.37. The summed E-state index contributed by atoms with van der Waals surface area (Å²) in [6.07, 6.45) is 0.749. The van der Waals surface area contributed by atoms with Gasteiger partial charge in [-0.3, -0.25) is 14.4 Å². The molecule has 0 spiro atoms. The zero-order valence-electron chi connectivity index (χ0n) is 13.8. The second-order valence-corrected chi connectivity index (χ2v) is 7.01. The van der Waals surface area contributed by atoms with E-state index in [4.69, 9.17) is 10.5 Å². The van der Waals surface area contributed by atoms with Gasteiger partial charge in [-0.25, -0.2) is 0 Å². The second-order valence-electron chi connectivity index (χ2n) is 6.10. The number of hydrogen-bond donors (Lipinski definition) is 2. The van der Waals surface area contributed by atoms with Crippen LogP contribution >= 0.6 is 15.9 Å². The minimum absolute atomic E-state index is 0.164. The third-order valence-corrected chi connectivity index (χ3v) is 4.66. The largest absolute Gasteiger partial charge is 0.426 e. The Balaban J connectivity index is 1.60. The van der Waals surface area contributed by atoms with Crippen molar-refractivity contribution in [3.8, 4) is 5.75 Å². The van der Waals surface area contributed by atoms with Gasteiger partial charge in [0.1, 0.15) is 5.75 Å². The summed E-state index contributed by atoms with van der Waals surface area (Å²) in [5, 5.41) is 2.39. The van der Waals surface area contributed by atoms with Gasteiger partial charge in [-0.1, -0.05) is 34.1 Å². The van der Waals surface area contributed by atoms with Crippen LogP contribution in [0.5, 0.6) is 5.75 Å². The maximum absolute atomic E-state index is 12.3. The van der Waals surface area contributed by atoms with Gasteiger partial charge < -0.3 is 15.8 Å². The van der Waals surface area contributed by atoms with Crippen LogP contribution in [0.25, 0.3) is 0 Å². The molecule has 3 rings (SSSR count). The van der Waals surface area contributed by atoms with Crippen LogP contribution in [-0.2, 0) is 9.59 Å². The number of carbonyl (C=O) groups excluding carboxylic acids is 3. The number of esters is 1. The van der Waals surface area contributed by atoms with Gasteiger partial charge in [-0.05, 0) is 48.2 Å². The highest BCUT2D eigenvalue weighted by atomic mass is 79.9. The zero-order chi connectivity index (χ0) is 18.7. The van der Waals surface area contributed by atoms with Crippen LogP contribution in [0.1, 0.15) is 28.3 Å². The van der Waals surface area contributed by atoms with Crippen LogP contribution in [0.3, 0.4) is 0 Å². The lowest BCUT2D eigenvalue weighted by molar-refractivity contribution is -0.135. The van der Waals surface area contributed by atoms with Gasteiger partial charge in [-0.2, -0.15) is 0 Å². The molecule has 2 aromatic carbocycles. The number of amides is 2. The fourth-order valence-electron chi connectivity index (χ4n) is 2.70. The Morgan fingerprint density at radius 3 is 2.58 bits per heavy atom. The molecule has 134 valence electrons. The summed E-state index contributed by atoms with van der Waals surface area (Å²) in [4.78, 5) is 35.0. The third kappa shape index (κ3) is 4.49. The normalized spacial score (nSPS) is 18.0. The maximum Gasteiger partial charge on any atom is 0.314 e. The molecular formula is C19H17BrN2O4.